The SMILES string of the molecule is CCc1nc(C)c(C(=O)NC[C@H]2[C@H]3CN(c4noc(C)n4)C[C@]34CC[C@H]2O4)o1. The second-order valence-corrected chi connectivity index (χ2v) is 8.11. The van der Waals surface area contributed by atoms with Gasteiger partial charge in [0.05, 0.1) is 23.9 Å². The predicted octanol–water partition coefficient (Wildman–Crippen LogP) is 1.65. The average molecular weight is 387 g/mol. The van der Waals surface area contributed by atoms with Crippen LogP contribution in [0.15, 0.2) is 8.94 Å². The second kappa shape index (κ2) is 6.30. The van der Waals surface area contributed by atoms with Crippen molar-refractivity contribution in [3.05, 3.63) is 23.2 Å². The molecule has 1 spiro atoms. The highest BCUT2D eigenvalue weighted by Crippen LogP contribution is 2.55. The summed E-state index contributed by atoms with van der Waals surface area (Å²) in [6, 6.07) is 0. The zero-order valence-electron chi connectivity index (χ0n) is 16.4. The third kappa shape index (κ3) is 2.63. The minimum Gasteiger partial charge on any atom is -0.435 e. The average Bonchev–Trinajstić information content (AvgIpc) is 3.45. The van der Waals surface area contributed by atoms with Crippen LogP contribution in [-0.4, -0.2) is 52.4 Å². The van der Waals surface area contributed by atoms with Gasteiger partial charge in [-0.1, -0.05) is 6.92 Å². The Hall–Kier alpha value is -2.42. The Bertz CT molecular complexity index is 908. The Kier molecular flexibility index (Phi) is 3.97. The van der Waals surface area contributed by atoms with Crippen LogP contribution < -0.4 is 10.2 Å². The first-order valence-corrected chi connectivity index (χ1v) is 9.96. The van der Waals surface area contributed by atoms with Gasteiger partial charge in [-0.15, -0.1) is 0 Å². The van der Waals surface area contributed by atoms with Gasteiger partial charge in [0.15, 0.2) is 5.89 Å². The summed E-state index contributed by atoms with van der Waals surface area (Å²) in [7, 11) is 0. The van der Waals surface area contributed by atoms with Crippen molar-refractivity contribution in [3.8, 4) is 0 Å². The molecule has 28 heavy (non-hydrogen) atoms. The summed E-state index contributed by atoms with van der Waals surface area (Å²) in [6.07, 6.45) is 2.93. The van der Waals surface area contributed by atoms with E-state index in [1.165, 1.54) is 0 Å². The van der Waals surface area contributed by atoms with E-state index in [1.54, 1.807) is 13.8 Å². The van der Waals surface area contributed by atoms with Crippen LogP contribution in [0.3, 0.4) is 0 Å². The molecule has 3 aliphatic rings. The topological polar surface area (TPSA) is 107 Å². The summed E-state index contributed by atoms with van der Waals surface area (Å²) >= 11 is 0. The number of anilines is 1. The zero-order valence-corrected chi connectivity index (χ0v) is 16.4. The van der Waals surface area contributed by atoms with Crippen LogP contribution in [0.4, 0.5) is 5.95 Å². The molecule has 3 fully saturated rings. The first-order chi connectivity index (χ1) is 13.5. The number of nitrogens with zero attached hydrogens (tertiary/aromatic N) is 4. The van der Waals surface area contributed by atoms with Gasteiger partial charge in [0, 0.05) is 38.3 Å². The molecule has 2 bridgehead atoms. The fraction of sp³-hybridized carbons (Fsp3) is 0.684. The summed E-state index contributed by atoms with van der Waals surface area (Å²) in [4.78, 5) is 23.4. The molecule has 1 N–H and O–H groups in total. The number of carbonyl (C=O) groups is 1. The van der Waals surface area contributed by atoms with Gasteiger partial charge in [0.2, 0.25) is 11.7 Å². The molecule has 0 aliphatic carbocycles. The summed E-state index contributed by atoms with van der Waals surface area (Å²) in [5.74, 6) is 2.49. The summed E-state index contributed by atoms with van der Waals surface area (Å²) in [5.41, 5.74) is 0.473. The molecule has 3 saturated heterocycles. The van der Waals surface area contributed by atoms with Crippen molar-refractivity contribution in [2.45, 2.75) is 51.7 Å². The third-order valence-electron chi connectivity index (χ3n) is 6.43. The number of amides is 1. The van der Waals surface area contributed by atoms with E-state index in [2.05, 4.69) is 25.3 Å². The van der Waals surface area contributed by atoms with Crippen molar-refractivity contribution in [1.82, 2.24) is 20.4 Å². The van der Waals surface area contributed by atoms with Crippen molar-refractivity contribution in [1.29, 1.82) is 0 Å². The van der Waals surface area contributed by atoms with Crippen LogP contribution in [0.2, 0.25) is 0 Å². The molecule has 5 rings (SSSR count). The number of nitrogens with one attached hydrogen (secondary N) is 1. The fourth-order valence-electron chi connectivity index (χ4n) is 5.14. The van der Waals surface area contributed by atoms with Gasteiger partial charge in [-0.3, -0.25) is 4.79 Å². The van der Waals surface area contributed by atoms with Gasteiger partial charge in [-0.2, -0.15) is 4.98 Å². The molecule has 0 unspecified atom stereocenters. The molecule has 4 atom stereocenters. The number of hydrogen-bond acceptors (Lipinski definition) is 8. The number of ether oxygens (including phenoxy) is 1. The first-order valence-electron chi connectivity index (χ1n) is 9.96. The van der Waals surface area contributed by atoms with E-state index >= 15 is 0 Å². The van der Waals surface area contributed by atoms with E-state index in [1.807, 2.05) is 6.92 Å². The minimum absolute atomic E-state index is 0.161. The van der Waals surface area contributed by atoms with Crippen LogP contribution in [0.5, 0.6) is 0 Å². The molecule has 0 aromatic carbocycles. The van der Waals surface area contributed by atoms with Gasteiger partial charge in [-0.25, -0.2) is 4.98 Å². The quantitative estimate of drug-likeness (QED) is 0.825. The summed E-state index contributed by atoms with van der Waals surface area (Å²) in [5, 5.41) is 7.11. The van der Waals surface area contributed by atoms with Crippen LogP contribution in [-0.2, 0) is 11.2 Å². The Morgan fingerprint density at radius 3 is 2.93 bits per heavy atom. The second-order valence-electron chi connectivity index (χ2n) is 8.11. The molecule has 1 amide bonds. The maximum absolute atomic E-state index is 12.6. The molecule has 5 heterocycles. The standard InChI is InChI=1S/C19H25N5O4/c1-4-15-21-10(2)16(26-15)17(25)20-7-12-13-8-24(18-22-11(3)28-23-18)9-19(13)6-5-14(12)27-19/h12-14H,4-9H2,1-3H3,(H,20,25)/t12-,13+,14+,19+/m0/s1. The molecule has 2 aromatic heterocycles. The minimum atomic E-state index is -0.204. The van der Waals surface area contributed by atoms with Gasteiger partial charge in [-0.05, 0) is 24.9 Å². The highest BCUT2D eigenvalue weighted by molar-refractivity contribution is 5.92. The summed E-state index contributed by atoms with van der Waals surface area (Å²) in [6.45, 7) is 7.71. The summed E-state index contributed by atoms with van der Waals surface area (Å²) < 4.78 is 17.1. The van der Waals surface area contributed by atoms with Crippen molar-refractivity contribution >= 4 is 11.9 Å². The number of carbonyl (C=O) groups excluding carboxylic acids is 1. The lowest BCUT2D eigenvalue weighted by molar-refractivity contribution is 0.0141. The van der Waals surface area contributed by atoms with Crippen LogP contribution in [0.25, 0.3) is 0 Å². The Morgan fingerprint density at radius 2 is 2.21 bits per heavy atom. The van der Waals surface area contributed by atoms with E-state index in [0.717, 1.165) is 25.9 Å². The molecule has 2 aromatic rings. The highest BCUT2D eigenvalue weighted by Gasteiger charge is 2.63. The lowest BCUT2D eigenvalue weighted by atomic mass is 9.73. The Labute approximate surface area is 162 Å². The molecule has 9 heteroatoms. The number of rotatable bonds is 5. The molecule has 9 nitrogen and oxygen atoms in total. The third-order valence-corrected chi connectivity index (χ3v) is 6.43. The van der Waals surface area contributed by atoms with Crippen LogP contribution in [0, 0.1) is 25.7 Å². The lowest BCUT2D eigenvalue weighted by Crippen LogP contribution is -2.42. The molecular formula is C19H25N5O4. The van der Waals surface area contributed by atoms with Crippen molar-refractivity contribution in [3.63, 3.8) is 0 Å². The largest absolute Gasteiger partial charge is 0.435 e. The van der Waals surface area contributed by atoms with Crippen LogP contribution in [0.1, 0.15) is 47.8 Å². The fourth-order valence-corrected chi connectivity index (χ4v) is 5.14. The molecular weight excluding hydrogens is 362 g/mol. The highest BCUT2D eigenvalue weighted by atomic mass is 16.5. The van der Waals surface area contributed by atoms with Crippen molar-refractivity contribution in [2.24, 2.45) is 11.8 Å². The van der Waals surface area contributed by atoms with E-state index < -0.39 is 0 Å². The monoisotopic (exact) mass is 387 g/mol. The van der Waals surface area contributed by atoms with Crippen molar-refractivity contribution < 1.29 is 18.5 Å². The number of fused-ring (bicyclic) bond motifs is 1. The number of aryl methyl sites for hydroxylation is 3. The van der Waals surface area contributed by atoms with E-state index in [-0.39, 0.29) is 23.5 Å². The maximum Gasteiger partial charge on any atom is 0.289 e. The smallest absolute Gasteiger partial charge is 0.289 e. The predicted molar refractivity (Wildman–Crippen MR) is 98.0 cm³/mol. The first kappa shape index (κ1) is 17.7. The Balaban J connectivity index is 1.28. The van der Waals surface area contributed by atoms with E-state index in [9.17, 15) is 4.79 Å². The molecule has 150 valence electrons. The van der Waals surface area contributed by atoms with E-state index in [0.29, 0.717) is 48.1 Å². The molecule has 0 saturated carbocycles. The van der Waals surface area contributed by atoms with Crippen LogP contribution >= 0.6 is 0 Å². The van der Waals surface area contributed by atoms with Gasteiger partial charge in [0.1, 0.15) is 0 Å². The maximum atomic E-state index is 12.6. The van der Waals surface area contributed by atoms with Crippen molar-refractivity contribution in [2.75, 3.05) is 24.5 Å². The molecule has 3 aliphatic heterocycles. The zero-order chi connectivity index (χ0) is 19.5. The van der Waals surface area contributed by atoms with E-state index in [4.69, 9.17) is 13.7 Å². The lowest BCUT2D eigenvalue weighted by Gasteiger charge is -2.29. The number of oxazole rings is 1. The normalized spacial score (nSPS) is 30.8. The number of hydrogen-bond donors (Lipinski definition) is 1. The van der Waals surface area contributed by atoms with Gasteiger partial charge >= 0.3 is 0 Å². The Morgan fingerprint density at radius 1 is 1.36 bits per heavy atom. The van der Waals surface area contributed by atoms with Gasteiger partial charge < -0.3 is 23.9 Å². The number of aromatic nitrogens is 3. The molecule has 0 radical (unpaired) electrons. The van der Waals surface area contributed by atoms with Gasteiger partial charge in [0.25, 0.3) is 11.9 Å².